The van der Waals surface area contributed by atoms with Gasteiger partial charge in [0.2, 0.25) is 0 Å². The van der Waals surface area contributed by atoms with Crippen LogP contribution in [0.15, 0.2) is 27.6 Å². The number of halogens is 1. The van der Waals surface area contributed by atoms with E-state index in [9.17, 15) is 9.90 Å². The molecule has 2 atom stereocenters. The summed E-state index contributed by atoms with van der Waals surface area (Å²) >= 11 is 4.60. The summed E-state index contributed by atoms with van der Waals surface area (Å²) in [6.45, 7) is 3.56. The van der Waals surface area contributed by atoms with Crippen molar-refractivity contribution in [3.8, 4) is 0 Å². The third kappa shape index (κ3) is 3.50. The van der Waals surface area contributed by atoms with Crippen molar-refractivity contribution >= 4 is 33.7 Å². The maximum absolute atomic E-state index is 11.0. The second kappa shape index (κ2) is 5.70. The van der Waals surface area contributed by atoms with Crippen LogP contribution >= 0.6 is 27.7 Å². The van der Waals surface area contributed by atoms with E-state index in [0.29, 0.717) is 4.90 Å². The van der Waals surface area contributed by atoms with E-state index in [-0.39, 0.29) is 10.8 Å². The molecular weight excluding hydrogens is 292 g/mol. The van der Waals surface area contributed by atoms with Gasteiger partial charge in [0.25, 0.3) is 0 Å². The zero-order chi connectivity index (χ0) is 12.3. The number of carboxylic acid groups (broad SMARTS) is 1. The molecule has 2 unspecified atom stereocenters. The lowest BCUT2D eigenvalue weighted by Crippen LogP contribution is -2.15. The maximum atomic E-state index is 11.0. The smallest absolute Gasteiger partial charge is 0.336 e. The molecule has 1 rings (SSSR count). The van der Waals surface area contributed by atoms with Gasteiger partial charge in [-0.15, -0.1) is 11.8 Å². The summed E-state index contributed by atoms with van der Waals surface area (Å²) in [5, 5.41) is 18.4. The molecule has 1 aromatic carbocycles. The van der Waals surface area contributed by atoms with Gasteiger partial charge >= 0.3 is 5.97 Å². The predicted molar refractivity (Wildman–Crippen MR) is 68.1 cm³/mol. The van der Waals surface area contributed by atoms with Crippen molar-refractivity contribution in [3.05, 3.63) is 28.2 Å². The third-order valence-electron chi connectivity index (χ3n) is 2.16. The lowest BCUT2D eigenvalue weighted by Gasteiger charge is -2.15. The molecule has 0 heterocycles. The Balaban J connectivity index is 2.99. The standard InChI is InChI=1S/C11H13BrO3S/c1-6(13)7(2)16-10-4-3-8(12)5-9(10)11(14)15/h3-7,13H,1-2H3,(H,14,15). The second-order valence-electron chi connectivity index (χ2n) is 3.51. The van der Waals surface area contributed by atoms with Crippen molar-refractivity contribution in [3.63, 3.8) is 0 Å². The van der Waals surface area contributed by atoms with Crippen LogP contribution in [0.2, 0.25) is 0 Å². The highest BCUT2D eigenvalue weighted by Crippen LogP contribution is 2.30. The van der Waals surface area contributed by atoms with E-state index < -0.39 is 12.1 Å². The molecule has 5 heteroatoms. The molecule has 0 fully saturated rings. The van der Waals surface area contributed by atoms with E-state index in [1.54, 1.807) is 25.1 Å². The van der Waals surface area contributed by atoms with E-state index in [4.69, 9.17) is 5.11 Å². The zero-order valence-electron chi connectivity index (χ0n) is 8.98. The highest BCUT2D eigenvalue weighted by molar-refractivity contribution is 9.10. The van der Waals surface area contributed by atoms with Gasteiger partial charge in [-0.1, -0.05) is 22.9 Å². The molecule has 0 radical (unpaired) electrons. The van der Waals surface area contributed by atoms with Crippen LogP contribution < -0.4 is 0 Å². The van der Waals surface area contributed by atoms with Crippen molar-refractivity contribution in [1.29, 1.82) is 0 Å². The van der Waals surface area contributed by atoms with E-state index in [1.165, 1.54) is 11.8 Å². The first-order valence-electron chi connectivity index (χ1n) is 4.79. The largest absolute Gasteiger partial charge is 0.478 e. The van der Waals surface area contributed by atoms with Crippen LogP contribution in [0.25, 0.3) is 0 Å². The molecule has 16 heavy (non-hydrogen) atoms. The van der Waals surface area contributed by atoms with Gasteiger partial charge in [-0.05, 0) is 25.1 Å². The Labute approximate surface area is 107 Å². The van der Waals surface area contributed by atoms with Crippen molar-refractivity contribution < 1.29 is 15.0 Å². The molecule has 0 bridgehead atoms. The van der Waals surface area contributed by atoms with Gasteiger partial charge in [0, 0.05) is 14.6 Å². The van der Waals surface area contributed by atoms with Gasteiger partial charge in [0.1, 0.15) is 0 Å². The highest BCUT2D eigenvalue weighted by atomic mass is 79.9. The Bertz CT molecular complexity index is 393. The van der Waals surface area contributed by atoms with Crippen LogP contribution in [-0.4, -0.2) is 27.5 Å². The maximum Gasteiger partial charge on any atom is 0.336 e. The highest BCUT2D eigenvalue weighted by Gasteiger charge is 2.16. The molecule has 88 valence electrons. The first-order valence-corrected chi connectivity index (χ1v) is 6.46. The quantitative estimate of drug-likeness (QED) is 0.840. The summed E-state index contributed by atoms with van der Waals surface area (Å²) in [5.74, 6) is -0.957. The first kappa shape index (κ1) is 13.5. The van der Waals surface area contributed by atoms with Crippen molar-refractivity contribution in [1.82, 2.24) is 0 Å². The normalized spacial score (nSPS) is 14.5. The fourth-order valence-electron chi connectivity index (χ4n) is 1.07. The van der Waals surface area contributed by atoms with Gasteiger partial charge in [0.15, 0.2) is 0 Å². The Kier molecular flexibility index (Phi) is 4.83. The monoisotopic (exact) mass is 304 g/mol. The molecule has 0 aliphatic carbocycles. The number of aliphatic hydroxyl groups is 1. The van der Waals surface area contributed by atoms with Gasteiger partial charge < -0.3 is 10.2 Å². The molecule has 0 saturated heterocycles. The zero-order valence-corrected chi connectivity index (χ0v) is 11.4. The Morgan fingerprint density at radius 3 is 2.56 bits per heavy atom. The molecule has 0 aromatic heterocycles. The molecule has 3 nitrogen and oxygen atoms in total. The fraction of sp³-hybridized carbons (Fsp3) is 0.364. The minimum absolute atomic E-state index is 0.0423. The van der Waals surface area contributed by atoms with Crippen LogP contribution in [0.1, 0.15) is 24.2 Å². The molecule has 1 aromatic rings. The van der Waals surface area contributed by atoms with Crippen LogP contribution in [0.3, 0.4) is 0 Å². The topological polar surface area (TPSA) is 57.5 Å². The number of hydrogen-bond acceptors (Lipinski definition) is 3. The number of aliphatic hydroxyl groups excluding tert-OH is 1. The summed E-state index contributed by atoms with van der Waals surface area (Å²) in [5.41, 5.74) is 0.256. The summed E-state index contributed by atoms with van der Waals surface area (Å²) in [7, 11) is 0. The number of benzene rings is 1. The number of rotatable bonds is 4. The molecular formula is C11H13BrO3S. The van der Waals surface area contributed by atoms with Crippen molar-refractivity contribution in [2.24, 2.45) is 0 Å². The van der Waals surface area contributed by atoms with E-state index in [0.717, 1.165) is 4.47 Å². The van der Waals surface area contributed by atoms with Crippen LogP contribution in [0, 0.1) is 0 Å². The number of carbonyl (C=O) groups is 1. The molecule has 0 aliphatic rings. The van der Waals surface area contributed by atoms with E-state index in [2.05, 4.69) is 15.9 Å². The van der Waals surface area contributed by atoms with Crippen molar-refractivity contribution in [2.75, 3.05) is 0 Å². The number of aromatic carboxylic acids is 1. The molecule has 0 saturated carbocycles. The number of thioether (sulfide) groups is 1. The van der Waals surface area contributed by atoms with Crippen LogP contribution in [0.4, 0.5) is 0 Å². The van der Waals surface area contributed by atoms with Crippen LogP contribution in [0.5, 0.6) is 0 Å². The molecule has 0 aliphatic heterocycles. The second-order valence-corrected chi connectivity index (χ2v) is 5.84. The van der Waals surface area contributed by atoms with Gasteiger partial charge in [0.05, 0.1) is 11.7 Å². The summed E-state index contributed by atoms with van der Waals surface area (Å²) < 4.78 is 0.735. The number of carboxylic acids is 1. The lowest BCUT2D eigenvalue weighted by molar-refractivity contribution is 0.0693. The number of hydrogen-bond donors (Lipinski definition) is 2. The van der Waals surface area contributed by atoms with Crippen LogP contribution in [-0.2, 0) is 0 Å². The summed E-state index contributed by atoms with van der Waals surface area (Å²) in [4.78, 5) is 11.7. The Morgan fingerprint density at radius 2 is 2.06 bits per heavy atom. The molecule has 2 N–H and O–H groups in total. The molecule has 0 amide bonds. The minimum atomic E-state index is -0.957. The average molecular weight is 305 g/mol. The van der Waals surface area contributed by atoms with E-state index in [1.807, 2.05) is 6.92 Å². The predicted octanol–water partition coefficient (Wildman–Crippen LogP) is 3.01. The first-order chi connectivity index (χ1) is 7.41. The summed E-state index contributed by atoms with van der Waals surface area (Å²) in [6, 6.07) is 5.11. The van der Waals surface area contributed by atoms with E-state index >= 15 is 0 Å². The minimum Gasteiger partial charge on any atom is -0.478 e. The Morgan fingerprint density at radius 1 is 1.44 bits per heavy atom. The average Bonchev–Trinajstić information content (AvgIpc) is 2.20. The SMILES string of the molecule is CC(O)C(C)Sc1ccc(Br)cc1C(=O)O. The Hall–Kier alpha value is -0.520. The van der Waals surface area contributed by atoms with Gasteiger partial charge in [-0.2, -0.15) is 0 Å². The fourth-order valence-corrected chi connectivity index (χ4v) is 2.45. The van der Waals surface area contributed by atoms with Crippen molar-refractivity contribution in [2.45, 2.75) is 30.1 Å². The lowest BCUT2D eigenvalue weighted by atomic mass is 10.2. The third-order valence-corrected chi connectivity index (χ3v) is 4.03. The van der Waals surface area contributed by atoms with Gasteiger partial charge in [-0.3, -0.25) is 0 Å². The van der Waals surface area contributed by atoms with Gasteiger partial charge in [-0.25, -0.2) is 4.79 Å². The molecule has 0 spiro atoms. The summed E-state index contributed by atoms with van der Waals surface area (Å²) in [6.07, 6.45) is -0.477.